The van der Waals surface area contributed by atoms with Crippen LogP contribution in [0.1, 0.15) is 22.9 Å². The summed E-state index contributed by atoms with van der Waals surface area (Å²) in [6.07, 6.45) is 1.61. The van der Waals surface area contributed by atoms with Crippen LogP contribution in [-0.4, -0.2) is 27.9 Å². The molecule has 1 atom stereocenters. The molecular weight excluding hydrogens is 390 g/mol. The Morgan fingerprint density at radius 3 is 2.52 bits per heavy atom. The van der Waals surface area contributed by atoms with Crippen molar-refractivity contribution in [2.45, 2.75) is 17.9 Å². The highest BCUT2D eigenvalue weighted by Gasteiger charge is 2.22. The van der Waals surface area contributed by atoms with Gasteiger partial charge in [-0.1, -0.05) is 36.4 Å². The first kappa shape index (κ1) is 20.8. The maximum absolute atomic E-state index is 12.5. The topological polar surface area (TPSA) is 105 Å². The minimum absolute atomic E-state index is 0.138. The summed E-state index contributed by atoms with van der Waals surface area (Å²) in [6.45, 7) is 1.85. The van der Waals surface area contributed by atoms with Crippen LogP contribution in [0.5, 0.6) is 0 Å². The largest absolute Gasteiger partial charge is 0.463 e. The smallest absolute Gasteiger partial charge is 0.279 e. The highest BCUT2D eigenvalue weighted by atomic mass is 32.2. The van der Waals surface area contributed by atoms with E-state index in [0.717, 1.165) is 11.3 Å². The molecule has 29 heavy (non-hydrogen) atoms. The molecule has 0 radical (unpaired) electrons. The van der Waals surface area contributed by atoms with Crippen LogP contribution in [0.15, 0.2) is 76.2 Å². The van der Waals surface area contributed by atoms with Gasteiger partial charge in [0.05, 0.1) is 11.2 Å². The second kappa shape index (κ2) is 9.04. The number of hydrogen-bond acceptors (Lipinski definition) is 4. The third kappa shape index (κ3) is 5.11. The Morgan fingerprint density at radius 2 is 1.86 bits per heavy atom. The maximum Gasteiger partial charge on any atom is 0.279 e. The number of nitrogens with one attached hydrogen (secondary N) is 2. The van der Waals surface area contributed by atoms with Crippen LogP contribution in [-0.2, 0) is 14.8 Å². The fraction of sp³-hybridized carbons (Fsp3) is 0.190. The monoisotopic (exact) mass is 414 g/mol. The van der Waals surface area contributed by atoms with E-state index in [1.54, 1.807) is 25.3 Å². The van der Waals surface area contributed by atoms with Gasteiger partial charge < -0.3 is 15.1 Å². The number of amides is 1. The second-order valence-corrected chi connectivity index (χ2v) is 8.43. The van der Waals surface area contributed by atoms with Crippen LogP contribution in [0.2, 0.25) is 0 Å². The number of quaternary nitrogens is 1. The quantitative estimate of drug-likeness (QED) is 0.523. The zero-order valence-corrected chi connectivity index (χ0v) is 17.1. The fourth-order valence-electron chi connectivity index (χ4n) is 3.06. The lowest BCUT2D eigenvalue weighted by atomic mass is 10.0. The van der Waals surface area contributed by atoms with E-state index < -0.39 is 10.0 Å². The van der Waals surface area contributed by atoms with Gasteiger partial charge in [-0.25, -0.2) is 13.1 Å². The SMILES string of the molecule is CNS(=O)(=O)c1cc(NC(=O)C[NH2+][C@@H](c2ccccc2)c2ccco2)ccc1C. The molecule has 7 nitrogen and oxygen atoms in total. The fourth-order valence-corrected chi connectivity index (χ4v) is 4.05. The van der Waals surface area contributed by atoms with Crippen molar-refractivity contribution >= 4 is 21.6 Å². The van der Waals surface area contributed by atoms with Crippen LogP contribution in [0.4, 0.5) is 5.69 Å². The van der Waals surface area contributed by atoms with E-state index >= 15 is 0 Å². The van der Waals surface area contributed by atoms with Crippen LogP contribution < -0.4 is 15.4 Å². The van der Waals surface area contributed by atoms with E-state index in [1.165, 1.54) is 13.1 Å². The molecule has 1 aromatic heterocycles. The lowest BCUT2D eigenvalue weighted by molar-refractivity contribution is -0.678. The number of carbonyl (C=O) groups excluding carboxylic acids is 1. The molecule has 0 saturated carbocycles. The van der Waals surface area contributed by atoms with Gasteiger partial charge in [-0.05, 0) is 43.8 Å². The van der Waals surface area contributed by atoms with Gasteiger partial charge in [-0.15, -0.1) is 0 Å². The summed E-state index contributed by atoms with van der Waals surface area (Å²) in [5, 5.41) is 4.64. The van der Waals surface area contributed by atoms with Gasteiger partial charge in [0.1, 0.15) is 0 Å². The molecule has 0 saturated heterocycles. The van der Waals surface area contributed by atoms with Crippen molar-refractivity contribution in [2.75, 3.05) is 18.9 Å². The Hall–Kier alpha value is -2.94. The van der Waals surface area contributed by atoms with Gasteiger partial charge in [0.25, 0.3) is 5.91 Å². The maximum atomic E-state index is 12.5. The van der Waals surface area contributed by atoms with Crippen molar-refractivity contribution in [3.05, 3.63) is 83.8 Å². The van der Waals surface area contributed by atoms with E-state index in [0.29, 0.717) is 11.3 Å². The van der Waals surface area contributed by atoms with Crippen molar-refractivity contribution in [2.24, 2.45) is 0 Å². The lowest BCUT2D eigenvalue weighted by Crippen LogP contribution is -2.87. The summed E-state index contributed by atoms with van der Waals surface area (Å²) in [4.78, 5) is 12.6. The van der Waals surface area contributed by atoms with Crippen LogP contribution >= 0.6 is 0 Å². The number of aryl methyl sites for hydroxylation is 1. The van der Waals surface area contributed by atoms with E-state index in [2.05, 4.69) is 10.0 Å². The molecule has 0 spiro atoms. The van der Waals surface area contributed by atoms with Crippen molar-refractivity contribution in [1.82, 2.24) is 4.72 Å². The highest BCUT2D eigenvalue weighted by Crippen LogP contribution is 2.20. The molecule has 0 aliphatic heterocycles. The summed E-state index contributed by atoms with van der Waals surface area (Å²) in [7, 11) is -2.25. The summed E-state index contributed by atoms with van der Waals surface area (Å²) in [6, 6.07) is 18.1. The number of furan rings is 1. The molecule has 2 aromatic carbocycles. The van der Waals surface area contributed by atoms with Gasteiger partial charge in [-0.3, -0.25) is 4.79 Å². The zero-order valence-electron chi connectivity index (χ0n) is 16.3. The zero-order chi connectivity index (χ0) is 20.9. The Labute approximate surface area is 170 Å². The van der Waals surface area contributed by atoms with Gasteiger partial charge in [-0.2, -0.15) is 0 Å². The third-order valence-corrected chi connectivity index (χ3v) is 6.13. The molecule has 4 N–H and O–H groups in total. The average Bonchev–Trinajstić information content (AvgIpc) is 3.25. The van der Waals surface area contributed by atoms with Crippen molar-refractivity contribution in [3.8, 4) is 0 Å². The van der Waals surface area contributed by atoms with E-state index in [-0.39, 0.29) is 23.4 Å². The Balaban J connectivity index is 1.71. The highest BCUT2D eigenvalue weighted by molar-refractivity contribution is 7.89. The Morgan fingerprint density at radius 1 is 1.10 bits per heavy atom. The normalized spacial score (nSPS) is 12.5. The predicted octanol–water partition coefficient (Wildman–Crippen LogP) is 1.79. The molecule has 0 aliphatic rings. The Kier molecular flexibility index (Phi) is 6.48. The number of carbonyl (C=O) groups is 1. The number of anilines is 1. The van der Waals surface area contributed by atoms with E-state index in [1.807, 2.05) is 47.8 Å². The van der Waals surface area contributed by atoms with Crippen LogP contribution in [0.25, 0.3) is 0 Å². The molecule has 0 bridgehead atoms. The van der Waals surface area contributed by atoms with E-state index in [4.69, 9.17) is 4.42 Å². The molecule has 152 valence electrons. The van der Waals surface area contributed by atoms with Crippen molar-refractivity contribution in [1.29, 1.82) is 0 Å². The number of benzene rings is 2. The van der Waals surface area contributed by atoms with Gasteiger partial charge in [0.2, 0.25) is 10.0 Å². The number of rotatable bonds is 8. The minimum Gasteiger partial charge on any atom is -0.463 e. The molecule has 0 fully saturated rings. The first-order valence-corrected chi connectivity index (χ1v) is 10.6. The van der Waals surface area contributed by atoms with Crippen molar-refractivity contribution < 1.29 is 22.9 Å². The van der Waals surface area contributed by atoms with Gasteiger partial charge in [0.15, 0.2) is 18.3 Å². The van der Waals surface area contributed by atoms with Crippen molar-refractivity contribution in [3.63, 3.8) is 0 Å². The molecule has 3 rings (SSSR count). The molecule has 3 aromatic rings. The summed E-state index contributed by atoms with van der Waals surface area (Å²) in [5.74, 6) is 0.510. The van der Waals surface area contributed by atoms with E-state index in [9.17, 15) is 13.2 Å². The molecular formula is C21H24N3O4S+. The second-order valence-electron chi connectivity index (χ2n) is 6.58. The first-order valence-electron chi connectivity index (χ1n) is 9.16. The number of nitrogens with two attached hydrogens (primary N) is 1. The molecule has 8 heteroatoms. The first-order chi connectivity index (χ1) is 13.9. The summed E-state index contributed by atoms with van der Waals surface area (Å²) < 4.78 is 32.1. The third-order valence-electron chi connectivity index (χ3n) is 4.58. The lowest BCUT2D eigenvalue weighted by Gasteiger charge is -2.14. The Bertz CT molecular complexity index is 1060. The van der Waals surface area contributed by atoms with Gasteiger partial charge >= 0.3 is 0 Å². The number of sulfonamides is 1. The van der Waals surface area contributed by atoms with Crippen LogP contribution in [0, 0.1) is 6.92 Å². The average molecular weight is 415 g/mol. The summed E-state index contributed by atoms with van der Waals surface area (Å²) in [5.41, 5.74) is 2.05. The number of hydrogen-bond donors (Lipinski definition) is 3. The standard InChI is InChI=1S/C21H23N3O4S/c1-15-10-11-17(13-19(15)29(26,27)22-2)24-20(25)14-23-21(18-9-6-12-28-18)16-7-4-3-5-8-16/h3-13,21-23H,14H2,1-2H3,(H,24,25)/p+1/t21-/m0/s1. The van der Waals surface area contributed by atoms with Crippen LogP contribution in [0.3, 0.4) is 0 Å². The molecule has 1 amide bonds. The minimum atomic E-state index is -3.60. The molecule has 0 aliphatic carbocycles. The molecule has 1 heterocycles. The van der Waals surface area contributed by atoms with Gasteiger partial charge in [0, 0.05) is 11.3 Å². The summed E-state index contributed by atoms with van der Waals surface area (Å²) >= 11 is 0. The predicted molar refractivity (Wildman–Crippen MR) is 110 cm³/mol. The molecule has 0 unspecified atom stereocenters.